The van der Waals surface area contributed by atoms with Gasteiger partial charge in [-0.15, -0.1) is 0 Å². The van der Waals surface area contributed by atoms with E-state index in [2.05, 4.69) is 10.2 Å². The van der Waals surface area contributed by atoms with Gasteiger partial charge in [-0.05, 0) is 58.5 Å². The number of rotatable bonds is 8. The minimum Gasteiger partial charge on any atom is -0.389 e. The molecule has 1 saturated heterocycles. The molecule has 0 bridgehead atoms. The number of hydrogen-bond donors (Lipinski definition) is 2. The van der Waals surface area contributed by atoms with E-state index in [1.165, 1.54) is 32.2 Å². The highest BCUT2D eigenvalue weighted by atomic mass is 16.5. The van der Waals surface area contributed by atoms with Crippen molar-refractivity contribution in [2.24, 2.45) is 5.92 Å². The summed E-state index contributed by atoms with van der Waals surface area (Å²) in [7, 11) is 0. The van der Waals surface area contributed by atoms with E-state index in [1.807, 2.05) is 13.8 Å². The number of nitrogens with one attached hydrogen (secondary N) is 1. The van der Waals surface area contributed by atoms with Crippen LogP contribution >= 0.6 is 0 Å². The van der Waals surface area contributed by atoms with E-state index in [1.54, 1.807) is 0 Å². The first-order valence-electron chi connectivity index (χ1n) is 7.89. The van der Waals surface area contributed by atoms with Crippen LogP contribution < -0.4 is 5.32 Å². The molecule has 0 radical (unpaired) electrons. The van der Waals surface area contributed by atoms with Crippen molar-refractivity contribution in [3.8, 4) is 0 Å². The maximum absolute atomic E-state index is 10.1. The molecule has 0 aromatic rings. The highest BCUT2D eigenvalue weighted by Crippen LogP contribution is 2.28. The van der Waals surface area contributed by atoms with Crippen molar-refractivity contribution >= 4 is 0 Å². The van der Waals surface area contributed by atoms with Crippen LogP contribution in [0.25, 0.3) is 0 Å². The van der Waals surface area contributed by atoms with Gasteiger partial charge in [0.05, 0.1) is 18.8 Å². The average molecular weight is 270 g/mol. The second kappa shape index (κ2) is 7.58. The molecule has 1 aliphatic carbocycles. The largest absolute Gasteiger partial charge is 0.389 e. The van der Waals surface area contributed by atoms with Crippen LogP contribution in [0.5, 0.6) is 0 Å². The van der Waals surface area contributed by atoms with Crippen LogP contribution in [0.2, 0.25) is 0 Å². The Morgan fingerprint density at radius 2 is 2.11 bits per heavy atom. The maximum atomic E-state index is 10.1. The summed E-state index contributed by atoms with van der Waals surface area (Å²) in [6.07, 6.45) is 5.08. The molecule has 2 N–H and O–H groups in total. The van der Waals surface area contributed by atoms with Gasteiger partial charge in [0.25, 0.3) is 0 Å². The summed E-state index contributed by atoms with van der Waals surface area (Å²) in [6, 6.07) is 0.718. The fourth-order valence-electron chi connectivity index (χ4n) is 2.85. The molecule has 112 valence electrons. The second-order valence-electron chi connectivity index (χ2n) is 6.43. The van der Waals surface area contributed by atoms with Crippen LogP contribution in [-0.2, 0) is 4.74 Å². The van der Waals surface area contributed by atoms with E-state index in [0.717, 1.165) is 31.6 Å². The van der Waals surface area contributed by atoms with Gasteiger partial charge >= 0.3 is 0 Å². The smallest absolute Gasteiger partial charge is 0.0900 e. The predicted octanol–water partition coefficient (Wildman–Crippen LogP) is 1.24. The minimum atomic E-state index is -0.348. The van der Waals surface area contributed by atoms with Gasteiger partial charge in [0, 0.05) is 19.1 Å². The molecule has 2 atom stereocenters. The molecule has 1 heterocycles. The van der Waals surface area contributed by atoms with E-state index in [4.69, 9.17) is 4.74 Å². The Morgan fingerprint density at radius 3 is 2.68 bits per heavy atom. The van der Waals surface area contributed by atoms with Crippen molar-refractivity contribution in [3.05, 3.63) is 0 Å². The van der Waals surface area contributed by atoms with Crippen molar-refractivity contribution in [1.29, 1.82) is 0 Å². The molecule has 0 amide bonds. The highest BCUT2D eigenvalue weighted by Gasteiger charge is 2.32. The highest BCUT2D eigenvalue weighted by molar-refractivity contribution is 4.87. The van der Waals surface area contributed by atoms with Gasteiger partial charge in [0.2, 0.25) is 0 Å². The third-order valence-corrected chi connectivity index (χ3v) is 4.02. The van der Waals surface area contributed by atoms with Crippen molar-refractivity contribution < 1.29 is 9.84 Å². The second-order valence-corrected chi connectivity index (χ2v) is 6.43. The molecule has 2 fully saturated rings. The number of hydrogen-bond acceptors (Lipinski definition) is 4. The van der Waals surface area contributed by atoms with Gasteiger partial charge in [-0.25, -0.2) is 0 Å². The van der Waals surface area contributed by atoms with E-state index in [9.17, 15) is 5.11 Å². The summed E-state index contributed by atoms with van der Waals surface area (Å²) in [5, 5.41) is 13.6. The zero-order valence-corrected chi connectivity index (χ0v) is 12.5. The molecule has 0 aromatic carbocycles. The van der Waals surface area contributed by atoms with Crippen LogP contribution in [0.15, 0.2) is 0 Å². The molecule has 2 rings (SSSR count). The topological polar surface area (TPSA) is 44.7 Å². The summed E-state index contributed by atoms with van der Waals surface area (Å²) in [5.74, 6) is 0.757. The van der Waals surface area contributed by atoms with Crippen molar-refractivity contribution in [2.45, 2.75) is 57.8 Å². The van der Waals surface area contributed by atoms with Crippen LogP contribution in [0, 0.1) is 5.92 Å². The molecule has 0 aromatic heterocycles. The third kappa shape index (κ3) is 5.78. The zero-order valence-electron chi connectivity index (χ0n) is 12.5. The van der Waals surface area contributed by atoms with Crippen molar-refractivity contribution in [2.75, 3.05) is 32.8 Å². The fourth-order valence-corrected chi connectivity index (χ4v) is 2.85. The Morgan fingerprint density at radius 1 is 1.32 bits per heavy atom. The van der Waals surface area contributed by atoms with Crippen LogP contribution in [-0.4, -0.2) is 61.0 Å². The predicted molar refractivity (Wildman–Crippen MR) is 77.3 cm³/mol. The minimum absolute atomic E-state index is 0.201. The van der Waals surface area contributed by atoms with Gasteiger partial charge in [-0.2, -0.15) is 0 Å². The SMILES string of the molecule is CC(C)OCC(O)CN(CC1CCCNC1)C1CC1. The number of ether oxygens (including phenoxy) is 1. The normalized spacial score (nSPS) is 26.1. The summed E-state index contributed by atoms with van der Waals surface area (Å²) >= 11 is 0. The molecule has 0 spiro atoms. The zero-order chi connectivity index (χ0) is 13.7. The summed E-state index contributed by atoms with van der Waals surface area (Å²) in [4.78, 5) is 2.49. The lowest BCUT2D eigenvalue weighted by atomic mass is 9.99. The monoisotopic (exact) mass is 270 g/mol. The number of piperidine rings is 1. The molecule has 19 heavy (non-hydrogen) atoms. The van der Waals surface area contributed by atoms with Crippen molar-refractivity contribution in [3.63, 3.8) is 0 Å². The first kappa shape index (κ1) is 15.2. The van der Waals surface area contributed by atoms with E-state index < -0.39 is 0 Å². The van der Waals surface area contributed by atoms with Gasteiger partial charge in [0.1, 0.15) is 0 Å². The Bertz CT molecular complexity index is 251. The summed E-state index contributed by atoms with van der Waals surface area (Å²) in [5.41, 5.74) is 0. The van der Waals surface area contributed by atoms with Gasteiger partial charge in [-0.1, -0.05) is 0 Å². The molecular weight excluding hydrogens is 240 g/mol. The lowest BCUT2D eigenvalue weighted by Gasteiger charge is -2.31. The molecule has 1 aliphatic heterocycles. The number of nitrogens with zero attached hydrogens (tertiary/aromatic N) is 1. The maximum Gasteiger partial charge on any atom is 0.0900 e. The summed E-state index contributed by atoms with van der Waals surface area (Å²) < 4.78 is 5.51. The first-order valence-corrected chi connectivity index (χ1v) is 7.89. The quantitative estimate of drug-likeness (QED) is 0.696. The van der Waals surface area contributed by atoms with Crippen molar-refractivity contribution in [1.82, 2.24) is 10.2 Å². The fraction of sp³-hybridized carbons (Fsp3) is 1.00. The third-order valence-electron chi connectivity index (χ3n) is 4.02. The molecular formula is C15H30N2O2. The molecule has 4 heteroatoms. The summed E-state index contributed by atoms with van der Waals surface area (Å²) in [6.45, 7) is 8.71. The van der Waals surface area contributed by atoms with Gasteiger partial charge < -0.3 is 15.2 Å². The number of aliphatic hydroxyl groups is 1. The molecule has 1 saturated carbocycles. The van der Waals surface area contributed by atoms with E-state index >= 15 is 0 Å². The standard InChI is InChI=1S/C15H30N2O2/c1-12(2)19-11-15(18)10-17(14-5-6-14)9-13-4-3-7-16-8-13/h12-16,18H,3-11H2,1-2H3. The first-order chi connectivity index (χ1) is 9.15. The number of aliphatic hydroxyl groups excluding tert-OH is 1. The Labute approximate surface area is 117 Å². The average Bonchev–Trinajstić information content (AvgIpc) is 3.21. The van der Waals surface area contributed by atoms with E-state index in [-0.39, 0.29) is 12.2 Å². The van der Waals surface area contributed by atoms with Gasteiger partial charge in [0.15, 0.2) is 0 Å². The lowest BCUT2D eigenvalue weighted by Crippen LogP contribution is -2.43. The van der Waals surface area contributed by atoms with Crippen LogP contribution in [0.4, 0.5) is 0 Å². The molecule has 2 unspecified atom stereocenters. The molecule has 4 nitrogen and oxygen atoms in total. The van der Waals surface area contributed by atoms with Gasteiger partial charge in [-0.3, -0.25) is 4.90 Å². The lowest BCUT2D eigenvalue weighted by molar-refractivity contribution is -0.0118. The Balaban J connectivity index is 1.72. The molecule has 2 aliphatic rings. The van der Waals surface area contributed by atoms with E-state index in [0.29, 0.717) is 6.61 Å². The van der Waals surface area contributed by atoms with Crippen LogP contribution in [0.1, 0.15) is 39.5 Å². The Kier molecular flexibility index (Phi) is 6.07. The van der Waals surface area contributed by atoms with Crippen LogP contribution in [0.3, 0.4) is 0 Å². The Hall–Kier alpha value is -0.160.